The van der Waals surface area contributed by atoms with Gasteiger partial charge in [-0.15, -0.1) is 0 Å². The van der Waals surface area contributed by atoms with Gasteiger partial charge < -0.3 is 5.32 Å². The van der Waals surface area contributed by atoms with Crippen LogP contribution in [0.2, 0.25) is 10.0 Å². The number of amides is 1. The molecule has 1 amide bonds. The number of rotatable bonds is 3. The Labute approximate surface area is 166 Å². The maximum Gasteiger partial charge on any atom is 0.435 e. The highest BCUT2D eigenvalue weighted by molar-refractivity contribution is 6.42. The number of carbonyl (C=O) groups excluding carboxylic acids is 1. The first-order valence-corrected chi connectivity index (χ1v) is 8.49. The highest BCUT2D eigenvalue weighted by atomic mass is 35.5. The first kappa shape index (κ1) is 20.2. The number of carbonyl (C=O) groups is 1. The van der Waals surface area contributed by atoms with Crippen LogP contribution in [0.25, 0.3) is 11.1 Å². The number of nitrogens with one attached hydrogen (secondary N) is 1. The topological polar surface area (TPSA) is 46.9 Å². The third-order valence-electron chi connectivity index (χ3n) is 3.80. The van der Waals surface area contributed by atoms with Crippen LogP contribution in [-0.2, 0) is 13.2 Å². The number of hydrogen-bond donors (Lipinski definition) is 1. The number of hydrogen-bond acceptors (Lipinski definition) is 2. The molecule has 1 N–H and O–H groups in total. The van der Waals surface area contributed by atoms with E-state index in [4.69, 9.17) is 23.2 Å². The highest BCUT2D eigenvalue weighted by Gasteiger charge is 2.39. The SMILES string of the molecule is Cn1cc(C(=O)Nc2cc(F)ccc2-c2ccc(Cl)c(Cl)c2)c(C(F)(F)F)n1. The van der Waals surface area contributed by atoms with E-state index in [9.17, 15) is 22.4 Å². The number of halogens is 6. The standard InChI is InChI=1S/C18H11Cl2F4N3O/c1-27-8-12(16(26-27)18(22,23)24)17(28)25-15-7-10(21)3-4-11(15)9-2-5-13(19)14(20)6-9/h2-8H,1H3,(H,25,28). The third-order valence-corrected chi connectivity index (χ3v) is 4.54. The summed E-state index contributed by atoms with van der Waals surface area (Å²) in [4.78, 5) is 12.5. The quantitative estimate of drug-likeness (QED) is 0.532. The smallest absolute Gasteiger partial charge is 0.321 e. The molecule has 0 fully saturated rings. The molecule has 0 radical (unpaired) electrons. The normalized spacial score (nSPS) is 11.5. The van der Waals surface area contributed by atoms with Crippen LogP contribution in [0.5, 0.6) is 0 Å². The lowest BCUT2D eigenvalue weighted by molar-refractivity contribution is -0.141. The largest absolute Gasteiger partial charge is 0.435 e. The van der Waals surface area contributed by atoms with Crippen molar-refractivity contribution in [2.24, 2.45) is 7.05 Å². The number of anilines is 1. The number of benzene rings is 2. The molecule has 1 heterocycles. The van der Waals surface area contributed by atoms with Crippen LogP contribution in [0.15, 0.2) is 42.6 Å². The minimum atomic E-state index is -4.82. The zero-order valence-electron chi connectivity index (χ0n) is 14.1. The summed E-state index contributed by atoms with van der Waals surface area (Å²) in [5.41, 5.74) is -1.20. The van der Waals surface area contributed by atoms with Gasteiger partial charge in [0.25, 0.3) is 5.91 Å². The molecule has 3 rings (SSSR count). The molecule has 0 aliphatic carbocycles. The fourth-order valence-electron chi connectivity index (χ4n) is 2.59. The summed E-state index contributed by atoms with van der Waals surface area (Å²) in [5.74, 6) is -1.76. The summed E-state index contributed by atoms with van der Waals surface area (Å²) in [6.07, 6.45) is -3.88. The Hall–Kier alpha value is -2.58. The summed E-state index contributed by atoms with van der Waals surface area (Å²) >= 11 is 11.9. The summed E-state index contributed by atoms with van der Waals surface area (Å²) in [6.45, 7) is 0. The van der Waals surface area contributed by atoms with Crippen LogP contribution in [0.1, 0.15) is 16.1 Å². The van der Waals surface area contributed by atoms with Gasteiger partial charge >= 0.3 is 6.18 Å². The molecule has 3 aromatic rings. The van der Waals surface area contributed by atoms with Crippen molar-refractivity contribution in [3.63, 3.8) is 0 Å². The van der Waals surface area contributed by atoms with Gasteiger partial charge in [-0.25, -0.2) is 4.39 Å². The van der Waals surface area contributed by atoms with Crippen molar-refractivity contribution < 1.29 is 22.4 Å². The van der Waals surface area contributed by atoms with Crippen LogP contribution >= 0.6 is 23.2 Å². The van der Waals surface area contributed by atoms with Gasteiger partial charge in [-0.3, -0.25) is 9.48 Å². The molecule has 0 spiro atoms. The van der Waals surface area contributed by atoms with E-state index in [0.29, 0.717) is 16.1 Å². The van der Waals surface area contributed by atoms with E-state index in [2.05, 4.69) is 10.4 Å². The molecule has 0 bridgehead atoms. The Morgan fingerprint density at radius 2 is 1.82 bits per heavy atom. The Balaban J connectivity index is 2.02. The van der Waals surface area contributed by atoms with Gasteiger partial charge in [0.1, 0.15) is 5.82 Å². The van der Waals surface area contributed by atoms with Crippen LogP contribution < -0.4 is 5.32 Å². The van der Waals surface area contributed by atoms with Gasteiger partial charge in [0.05, 0.1) is 21.3 Å². The molecule has 4 nitrogen and oxygen atoms in total. The fourth-order valence-corrected chi connectivity index (χ4v) is 2.89. The van der Waals surface area contributed by atoms with E-state index in [-0.39, 0.29) is 10.7 Å². The first-order valence-electron chi connectivity index (χ1n) is 7.73. The second-order valence-electron chi connectivity index (χ2n) is 5.84. The zero-order chi connectivity index (χ0) is 20.6. The van der Waals surface area contributed by atoms with Crippen molar-refractivity contribution in [1.29, 1.82) is 0 Å². The van der Waals surface area contributed by atoms with Crippen LogP contribution in [0.4, 0.5) is 23.2 Å². The molecule has 0 saturated carbocycles. The average molecular weight is 432 g/mol. The van der Waals surface area contributed by atoms with Gasteiger partial charge in [0.15, 0.2) is 5.69 Å². The van der Waals surface area contributed by atoms with Crippen molar-refractivity contribution in [1.82, 2.24) is 9.78 Å². The van der Waals surface area contributed by atoms with Gasteiger partial charge in [-0.2, -0.15) is 18.3 Å². The van der Waals surface area contributed by atoms with E-state index in [0.717, 1.165) is 23.0 Å². The third kappa shape index (κ3) is 4.13. The van der Waals surface area contributed by atoms with Crippen molar-refractivity contribution in [3.8, 4) is 11.1 Å². The maximum absolute atomic E-state index is 13.7. The summed E-state index contributed by atoms with van der Waals surface area (Å²) in [7, 11) is 1.26. The van der Waals surface area contributed by atoms with Gasteiger partial charge in [0, 0.05) is 18.8 Å². The van der Waals surface area contributed by atoms with Crippen molar-refractivity contribution >= 4 is 34.8 Å². The van der Waals surface area contributed by atoms with Gasteiger partial charge in [0.2, 0.25) is 0 Å². The molecule has 0 aliphatic heterocycles. The Bertz CT molecular complexity index is 1060. The second kappa shape index (κ2) is 7.44. The number of nitrogens with zero attached hydrogens (tertiary/aromatic N) is 2. The second-order valence-corrected chi connectivity index (χ2v) is 6.65. The number of aryl methyl sites for hydroxylation is 1. The minimum Gasteiger partial charge on any atom is -0.321 e. The average Bonchev–Trinajstić information content (AvgIpc) is 3.00. The summed E-state index contributed by atoms with van der Waals surface area (Å²) in [5, 5.41) is 6.13. The van der Waals surface area contributed by atoms with Crippen molar-refractivity contribution in [3.05, 3.63) is 69.7 Å². The predicted molar refractivity (Wildman–Crippen MR) is 98.0 cm³/mol. The van der Waals surface area contributed by atoms with Crippen LogP contribution in [0.3, 0.4) is 0 Å². The molecule has 0 atom stereocenters. The number of aromatic nitrogens is 2. The molecule has 146 valence electrons. The maximum atomic E-state index is 13.7. The predicted octanol–water partition coefficient (Wildman–Crippen LogP) is 5.80. The molecule has 2 aromatic carbocycles. The molecule has 28 heavy (non-hydrogen) atoms. The number of alkyl halides is 3. The van der Waals surface area contributed by atoms with E-state index >= 15 is 0 Å². The van der Waals surface area contributed by atoms with Crippen LogP contribution in [-0.4, -0.2) is 15.7 Å². The molecule has 10 heteroatoms. The summed E-state index contributed by atoms with van der Waals surface area (Å²) < 4.78 is 53.9. The van der Waals surface area contributed by atoms with Crippen molar-refractivity contribution in [2.75, 3.05) is 5.32 Å². The molecule has 1 aromatic heterocycles. The lowest BCUT2D eigenvalue weighted by atomic mass is 10.0. The molecule has 0 unspecified atom stereocenters. The van der Waals surface area contributed by atoms with Crippen LogP contribution in [0, 0.1) is 5.82 Å². The monoisotopic (exact) mass is 431 g/mol. The van der Waals surface area contributed by atoms with E-state index < -0.39 is 29.2 Å². The lowest BCUT2D eigenvalue weighted by Gasteiger charge is -2.13. The molecule has 0 saturated heterocycles. The Morgan fingerprint density at radius 1 is 1.11 bits per heavy atom. The van der Waals surface area contributed by atoms with Gasteiger partial charge in [-0.1, -0.05) is 29.3 Å². The lowest BCUT2D eigenvalue weighted by Crippen LogP contribution is -2.18. The van der Waals surface area contributed by atoms with Crippen molar-refractivity contribution in [2.45, 2.75) is 6.18 Å². The van der Waals surface area contributed by atoms with E-state index in [1.54, 1.807) is 6.07 Å². The van der Waals surface area contributed by atoms with E-state index in [1.807, 2.05) is 0 Å². The van der Waals surface area contributed by atoms with Gasteiger partial charge in [-0.05, 0) is 35.9 Å². The first-order chi connectivity index (χ1) is 13.1. The minimum absolute atomic E-state index is 0.0274. The highest BCUT2D eigenvalue weighted by Crippen LogP contribution is 2.35. The summed E-state index contributed by atoms with van der Waals surface area (Å²) in [6, 6.07) is 8.12. The van der Waals surface area contributed by atoms with E-state index in [1.165, 1.54) is 25.2 Å². The Morgan fingerprint density at radius 3 is 2.46 bits per heavy atom. The molecular formula is C18H11Cl2F4N3O. The zero-order valence-corrected chi connectivity index (χ0v) is 15.6. The molecular weight excluding hydrogens is 421 g/mol. The Kier molecular flexibility index (Phi) is 5.36. The fraction of sp³-hybridized carbons (Fsp3) is 0.111. The molecule has 0 aliphatic rings.